The summed E-state index contributed by atoms with van der Waals surface area (Å²) in [6.07, 6.45) is 3.83. The van der Waals surface area contributed by atoms with Gasteiger partial charge in [0.2, 0.25) is 21.8 Å². The first-order valence-corrected chi connectivity index (χ1v) is 16.4. The molecule has 3 saturated heterocycles. The summed E-state index contributed by atoms with van der Waals surface area (Å²) in [6.45, 7) is 4.76. The molecule has 13 heteroatoms. The number of hydrogen-bond acceptors (Lipinski definition) is 8. The summed E-state index contributed by atoms with van der Waals surface area (Å²) in [4.78, 5) is 45.2. The smallest absolute Gasteiger partial charge is 0.258 e. The van der Waals surface area contributed by atoms with Crippen LogP contribution in [0, 0.1) is 0 Å². The van der Waals surface area contributed by atoms with Crippen molar-refractivity contribution in [3.63, 3.8) is 0 Å². The highest BCUT2D eigenvalue weighted by Crippen LogP contribution is 2.28. The van der Waals surface area contributed by atoms with Gasteiger partial charge in [-0.3, -0.25) is 19.3 Å². The molecule has 2 bridgehead atoms. The van der Waals surface area contributed by atoms with Gasteiger partial charge in [-0.15, -0.1) is 0 Å². The number of nitrogens with one attached hydrogen (secondary N) is 2. The summed E-state index contributed by atoms with van der Waals surface area (Å²) in [7, 11) is -3.48. The molecular formula is C28H41N5O7S. The Balaban J connectivity index is 1.39. The van der Waals surface area contributed by atoms with E-state index in [1.807, 2.05) is 11.0 Å². The van der Waals surface area contributed by atoms with Crippen molar-refractivity contribution in [2.24, 2.45) is 0 Å². The van der Waals surface area contributed by atoms with Crippen LogP contribution < -0.4 is 14.8 Å². The molecule has 4 aliphatic heterocycles. The average Bonchev–Trinajstić information content (AvgIpc) is 2.95. The van der Waals surface area contributed by atoms with Crippen molar-refractivity contribution in [2.75, 3.05) is 52.1 Å². The number of fused-ring (bicyclic) bond motifs is 4. The van der Waals surface area contributed by atoms with Gasteiger partial charge in [0.15, 0.2) is 0 Å². The van der Waals surface area contributed by atoms with Gasteiger partial charge in [0, 0.05) is 64.7 Å². The summed E-state index contributed by atoms with van der Waals surface area (Å²) in [6, 6.07) is 6.11. The topological polar surface area (TPSA) is 138 Å². The predicted octanol–water partition coefficient (Wildman–Crippen LogP) is 0.188. The first-order chi connectivity index (χ1) is 19.6. The third kappa shape index (κ3) is 7.19. The van der Waals surface area contributed by atoms with Crippen molar-refractivity contribution >= 4 is 27.7 Å². The Morgan fingerprint density at radius 2 is 1.78 bits per heavy atom. The van der Waals surface area contributed by atoms with Gasteiger partial charge < -0.3 is 24.6 Å². The van der Waals surface area contributed by atoms with E-state index in [1.54, 1.807) is 30.0 Å². The number of likely N-dealkylation sites (tertiary alicyclic amines) is 1. The molecule has 41 heavy (non-hydrogen) atoms. The maximum Gasteiger partial charge on any atom is 0.258 e. The minimum atomic E-state index is -3.48. The second-order valence-corrected chi connectivity index (χ2v) is 13.3. The Labute approximate surface area is 241 Å². The number of piperazine rings is 1. The highest BCUT2D eigenvalue weighted by molar-refractivity contribution is 7.88. The number of hydrogen-bond donors (Lipinski definition) is 2. The summed E-state index contributed by atoms with van der Waals surface area (Å²) in [5.74, 6) is -0.0156. The van der Waals surface area contributed by atoms with Gasteiger partial charge in [0.1, 0.15) is 11.8 Å². The van der Waals surface area contributed by atoms with Crippen molar-refractivity contribution < 1.29 is 32.3 Å². The number of sulfonamides is 1. The molecule has 1 aromatic carbocycles. The van der Waals surface area contributed by atoms with Crippen molar-refractivity contribution in [1.29, 1.82) is 0 Å². The van der Waals surface area contributed by atoms with E-state index in [-0.39, 0.29) is 36.4 Å². The standard InChI is InChI=1S/C28H41N5O7S/c1-19(34)31-12-9-20(10-13-31)32-14-15-33-24(18-32)27(35)29-17-26-23(30-41(2,37)38)8-7-21(40-26)11-16-39-25-6-4-3-5-22(25)28(33)36/h3-6,20-21,23-24,26,30H,7-18H2,1-2H3,(H,29,35)/t21-,23+,24-,26+/m0/s1. The number of nitrogens with zero attached hydrogens (tertiary/aromatic N) is 3. The fraction of sp³-hybridized carbons (Fsp3) is 0.679. The van der Waals surface area contributed by atoms with E-state index in [1.165, 1.54) is 0 Å². The second-order valence-electron chi connectivity index (χ2n) is 11.5. The summed E-state index contributed by atoms with van der Waals surface area (Å²) in [5.41, 5.74) is 0.422. The van der Waals surface area contributed by atoms with Gasteiger partial charge in [-0.1, -0.05) is 12.1 Å². The van der Waals surface area contributed by atoms with E-state index in [0.717, 1.165) is 19.1 Å². The van der Waals surface area contributed by atoms with Crippen LogP contribution in [0.25, 0.3) is 0 Å². The maximum atomic E-state index is 13.9. The molecule has 0 saturated carbocycles. The number of para-hydroxylation sites is 1. The number of amides is 3. The Kier molecular flexibility index (Phi) is 9.17. The number of piperidine rings is 1. The molecule has 0 unspecified atom stereocenters. The Morgan fingerprint density at radius 3 is 2.51 bits per heavy atom. The minimum absolute atomic E-state index is 0.0704. The van der Waals surface area contributed by atoms with Crippen LogP contribution in [0.4, 0.5) is 0 Å². The van der Waals surface area contributed by atoms with Crippen LogP contribution in [-0.4, -0.2) is 123 Å². The van der Waals surface area contributed by atoms with Crippen LogP contribution in [-0.2, 0) is 24.3 Å². The lowest BCUT2D eigenvalue weighted by atomic mass is 9.97. The molecule has 2 N–H and O–H groups in total. The van der Waals surface area contributed by atoms with E-state index in [0.29, 0.717) is 69.9 Å². The third-order valence-electron chi connectivity index (χ3n) is 8.67. The van der Waals surface area contributed by atoms with Gasteiger partial charge in [-0.05, 0) is 37.8 Å². The molecule has 0 aliphatic carbocycles. The Bertz CT molecular complexity index is 1240. The van der Waals surface area contributed by atoms with Crippen molar-refractivity contribution in [3.05, 3.63) is 29.8 Å². The first kappa shape index (κ1) is 29.7. The van der Waals surface area contributed by atoms with Crippen LogP contribution in [0.2, 0.25) is 0 Å². The third-order valence-corrected chi connectivity index (χ3v) is 9.41. The molecule has 5 rings (SSSR count). The van der Waals surface area contributed by atoms with Gasteiger partial charge >= 0.3 is 0 Å². The van der Waals surface area contributed by atoms with E-state index < -0.39 is 28.2 Å². The minimum Gasteiger partial charge on any atom is -0.493 e. The molecule has 12 nitrogen and oxygen atoms in total. The fourth-order valence-electron chi connectivity index (χ4n) is 6.47. The Morgan fingerprint density at radius 1 is 1.02 bits per heavy atom. The van der Waals surface area contributed by atoms with Crippen LogP contribution >= 0.6 is 0 Å². The summed E-state index contributed by atoms with van der Waals surface area (Å²) < 4.78 is 39.1. The number of rotatable bonds is 3. The van der Waals surface area contributed by atoms with Gasteiger partial charge in [-0.25, -0.2) is 13.1 Å². The average molecular weight is 592 g/mol. The number of carbonyl (C=O) groups is 3. The van der Waals surface area contributed by atoms with Crippen molar-refractivity contribution in [3.8, 4) is 5.75 Å². The molecule has 4 atom stereocenters. The van der Waals surface area contributed by atoms with Gasteiger partial charge in [-0.2, -0.15) is 0 Å². The lowest BCUT2D eigenvalue weighted by Crippen LogP contribution is -2.64. The number of carbonyl (C=O) groups excluding carboxylic acids is 3. The highest BCUT2D eigenvalue weighted by atomic mass is 32.2. The summed E-state index contributed by atoms with van der Waals surface area (Å²) >= 11 is 0. The molecule has 226 valence electrons. The van der Waals surface area contributed by atoms with Gasteiger partial charge in [0.05, 0.1) is 30.6 Å². The lowest BCUT2D eigenvalue weighted by molar-refractivity contribution is -0.131. The summed E-state index contributed by atoms with van der Waals surface area (Å²) in [5, 5.41) is 2.99. The largest absolute Gasteiger partial charge is 0.493 e. The Hall–Kier alpha value is -2.74. The van der Waals surface area contributed by atoms with E-state index in [4.69, 9.17) is 9.47 Å². The molecule has 0 aromatic heterocycles. The molecule has 0 spiro atoms. The molecule has 1 aromatic rings. The van der Waals surface area contributed by atoms with Crippen molar-refractivity contribution in [1.82, 2.24) is 24.7 Å². The van der Waals surface area contributed by atoms with E-state index in [9.17, 15) is 22.8 Å². The van der Waals surface area contributed by atoms with Crippen molar-refractivity contribution in [2.45, 2.75) is 69.4 Å². The quantitative estimate of drug-likeness (QED) is 0.508. The molecule has 4 aliphatic rings. The van der Waals surface area contributed by atoms with Crippen LogP contribution in [0.1, 0.15) is 49.4 Å². The monoisotopic (exact) mass is 591 g/mol. The number of ether oxygens (including phenoxy) is 2. The van der Waals surface area contributed by atoms with Crippen LogP contribution in [0.3, 0.4) is 0 Å². The second kappa shape index (κ2) is 12.6. The SMILES string of the molecule is CC(=O)N1CCC(N2CCN3C(=O)c4ccccc4OCC[C@@H]4CC[C@@H](NS(C)(=O)=O)[C@@H](CNC(=O)[C@@H]3C2)O4)CC1. The van der Waals surface area contributed by atoms with Gasteiger partial charge in [0.25, 0.3) is 5.91 Å². The maximum absolute atomic E-state index is 13.9. The molecule has 0 radical (unpaired) electrons. The number of benzene rings is 1. The zero-order chi connectivity index (χ0) is 29.1. The predicted molar refractivity (Wildman–Crippen MR) is 151 cm³/mol. The fourth-order valence-corrected chi connectivity index (χ4v) is 7.29. The molecule has 3 fully saturated rings. The highest BCUT2D eigenvalue weighted by Gasteiger charge is 2.40. The van der Waals surface area contributed by atoms with E-state index in [2.05, 4.69) is 14.9 Å². The molecule has 3 amide bonds. The first-order valence-electron chi connectivity index (χ1n) is 14.5. The van der Waals surface area contributed by atoms with Crippen LogP contribution in [0.15, 0.2) is 24.3 Å². The normalized spacial score (nSPS) is 29.0. The zero-order valence-corrected chi connectivity index (χ0v) is 24.6. The van der Waals surface area contributed by atoms with Crippen LogP contribution in [0.5, 0.6) is 5.75 Å². The van der Waals surface area contributed by atoms with E-state index >= 15 is 0 Å². The zero-order valence-electron chi connectivity index (χ0n) is 23.8. The lowest BCUT2D eigenvalue weighted by Gasteiger charge is -2.46. The molecule has 4 heterocycles. The molecular weight excluding hydrogens is 550 g/mol.